The summed E-state index contributed by atoms with van der Waals surface area (Å²) in [6.07, 6.45) is 2.53. The summed E-state index contributed by atoms with van der Waals surface area (Å²) < 4.78 is 5.14. The molecule has 0 unspecified atom stereocenters. The summed E-state index contributed by atoms with van der Waals surface area (Å²) in [4.78, 5) is 4.99. The van der Waals surface area contributed by atoms with Gasteiger partial charge < -0.3 is 9.47 Å². The van der Waals surface area contributed by atoms with Gasteiger partial charge in [-0.1, -0.05) is 12.1 Å². The molecule has 1 aliphatic carbocycles. The topological polar surface area (TPSA) is 29.2 Å². The molecule has 0 radical (unpaired) electrons. The molecule has 2 fully saturated rings. The van der Waals surface area contributed by atoms with Crippen LogP contribution in [0.3, 0.4) is 0 Å². The quantitative estimate of drug-likeness (QED) is 0.750. The molecule has 140 valence electrons. The van der Waals surface area contributed by atoms with Crippen LogP contribution in [-0.4, -0.2) is 45.4 Å². The molecular formula is C20H29N5S. The molecular weight excluding hydrogens is 342 g/mol. The lowest BCUT2D eigenvalue weighted by molar-refractivity contribution is 0.193. The molecule has 0 N–H and O–H groups in total. The van der Waals surface area contributed by atoms with Crippen molar-refractivity contribution >= 4 is 17.9 Å². The molecule has 0 atom stereocenters. The first-order valence-corrected chi connectivity index (χ1v) is 10.2. The SMILES string of the molecule is CCn1c(C2CC2)nn(CN2CCN(c3cccc(C)c3C)CC2)c1=S. The number of nitrogens with zero attached hydrogens (tertiary/aromatic N) is 5. The number of rotatable bonds is 5. The Kier molecular flexibility index (Phi) is 4.88. The zero-order valence-electron chi connectivity index (χ0n) is 16.1. The van der Waals surface area contributed by atoms with E-state index in [1.165, 1.54) is 35.5 Å². The van der Waals surface area contributed by atoms with Crippen LogP contribution in [0.5, 0.6) is 0 Å². The molecule has 1 saturated carbocycles. The summed E-state index contributed by atoms with van der Waals surface area (Å²) in [5.74, 6) is 1.84. The second kappa shape index (κ2) is 7.16. The van der Waals surface area contributed by atoms with Gasteiger partial charge in [0.15, 0.2) is 4.77 Å². The number of aromatic nitrogens is 3. The minimum absolute atomic E-state index is 0.638. The van der Waals surface area contributed by atoms with E-state index in [-0.39, 0.29) is 0 Å². The normalized spacial score (nSPS) is 18.5. The van der Waals surface area contributed by atoms with E-state index in [2.05, 4.69) is 53.3 Å². The summed E-state index contributed by atoms with van der Waals surface area (Å²) >= 11 is 5.69. The lowest BCUT2D eigenvalue weighted by Gasteiger charge is -2.36. The van der Waals surface area contributed by atoms with Gasteiger partial charge in [0, 0.05) is 44.3 Å². The molecule has 0 amide bonds. The van der Waals surface area contributed by atoms with Gasteiger partial charge in [0.1, 0.15) is 5.82 Å². The number of hydrogen-bond donors (Lipinski definition) is 0. The van der Waals surface area contributed by atoms with Crippen molar-refractivity contribution in [3.8, 4) is 0 Å². The monoisotopic (exact) mass is 371 g/mol. The molecule has 1 saturated heterocycles. The highest BCUT2D eigenvalue weighted by Crippen LogP contribution is 2.39. The number of anilines is 1. The van der Waals surface area contributed by atoms with E-state index >= 15 is 0 Å². The van der Waals surface area contributed by atoms with Crippen molar-refractivity contribution in [2.45, 2.75) is 52.7 Å². The Labute approximate surface area is 161 Å². The highest BCUT2D eigenvalue weighted by Gasteiger charge is 2.30. The summed E-state index contributed by atoms with van der Waals surface area (Å²) in [6.45, 7) is 12.5. The van der Waals surface area contributed by atoms with Gasteiger partial charge in [-0.3, -0.25) is 4.90 Å². The van der Waals surface area contributed by atoms with E-state index in [0.29, 0.717) is 5.92 Å². The van der Waals surface area contributed by atoms with E-state index in [1.54, 1.807) is 0 Å². The Hall–Kier alpha value is -1.66. The number of hydrogen-bond acceptors (Lipinski definition) is 4. The van der Waals surface area contributed by atoms with Crippen LogP contribution in [0.1, 0.15) is 42.6 Å². The second-order valence-electron chi connectivity index (χ2n) is 7.62. The number of piperazine rings is 1. The van der Waals surface area contributed by atoms with Gasteiger partial charge in [-0.15, -0.1) is 0 Å². The molecule has 2 aromatic rings. The molecule has 1 aromatic carbocycles. The van der Waals surface area contributed by atoms with Gasteiger partial charge >= 0.3 is 0 Å². The average Bonchev–Trinajstić information content (AvgIpc) is 3.44. The largest absolute Gasteiger partial charge is 0.369 e. The van der Waals surface area contributed by atoms with E-state index in [1.807, 2.05) is 4.68 Å². The Morgan fingerprint density at radius 1 is 1.12 bits per heavy atom. The third-order valence-corrected chi connectivity index (χ3v) is 6.26. The van der Waals surface area contributed by atoms with Crippen LogP contribution < -0.4 is 4.90 Å². The van der Waals surface area contributed by atoms with Crippen molar-refractivity contribution in [3.05, 3.63) is 39.9 Å². The predicted molar refractivity (Wildman–Crippen MR) is 108 cm³/mol. The minimum atomic E-state index is 0.638. The van der Waals surface area contributed by atoms with Crippen LogP contribution >= 0.6 is 12.2 Å². The van der Waals surface area contributed by atoms with Gasteiger partial charge in [0.2, 0.25) is 0 Å². The first-order chi connectivity index (χ1) is 12.6. The van der Waals surface area contributed by atoms with Crippen molar-refractivity contribution < 1.29 is 0 Å². The van der Waals surface area contributed by atoms with Gasteiger partial charge in [0.05, 0.1) is 6.67 Å². The smallest absolute Gasteiger partial charge is 0.199 e. The molecule has 2 aliphatic rings. The van der Waals surface area contributed by atoms with E-state index in [0.717, 1.165) is 44.2 Å². The van der Waals surface area contributed by atoms with Gasteiger partial charge in [-0.05, 0) is 63.0 Å². The fourth-order valence-electron chi connectivity index (χ4n) is 3.89. The summed E-state index contributed by atoms with van der Waals surface area (Å²) in [5, 5.41) is 4.86. The molecule has 1 aromatic heterocycles. The van der Waals surface area contributed by atoms with Crippen LogP contribution in [-0.2, 0) is 13.2 Å². The minimum Gasteiger partial charge on any atom is -0.369 e. The zero-order valence-corrected chi connectivity index (χ0v) is 16.9. The maximum Gasteiger partial charge on any atom is 0.199 e. The first kappa shape index (κ1) is 17.7. The summed E-state index contributed by atoms with van der Waals surface area (Å²) in [7, 11) is 0. The van der Waals surface area contributed by atoms with Gasteiger partial charge in [-0.2, -0.15) is 5.10 Å². The van der Waals surface area contributed by atoms with Crippen molar-refractivity contribution in [2.75, 3.05) is 31.1 Å². The lowest BCUT2D eigenvalue weighted by atomic mass is 10.1. The van der Waals surface area contributed by atoms with Gasteiger partial charge in [-0.25, -0.2) is 4.68 Å². The van der Waals surface area contributed by atoms with Crippen LogP contribution in [0, 0.1) is 18.6 Å². The molecule has 6 heteroatoms. The second-order valence-corrected chi connectivity index (χ2v) is 7.99. The number of benzene rings is 1. The Balaban J connectivity index is 1.43. The molecule has 4 rings (SSSR count). The molecule has 2 heterocycles. The van der Waals surface area contributed by atoms with Crippen molar-refractivity contribution in [3.63, 3.8) is 0 Å². The van der Waals surface area contributed by atoms with Crippen LogP contribution in [0.15, 0.2) is 18.2 Å². The van der Waals surface area contributed by atoms with E-state index in [9.17, 15) is 0 Å². The Morgan fingerprint density at radius 3 is 2.50 bits per heavy atom. The fraction of sp³-hybridized carbons (Fsp3) is 0.600. The van der Waals surface area contributed by atoms with Crippen molar-refractivity contribution in [2.24, 2.45) is 0 Å². The lowest BCUT2D eigenvalue weighted by Crippen LogP contribution is -2.47. The Morgan fingerprint density at radius 2 is 1.85 bits per heavy atom. The predicted octanol–water partition coefficient (Wildman–Crippen LogP) is 3.71. The highest BCUT2D eigenvalue weighted by molar-refractivity contribution is 7.71. The maximum atomic E-state index is 5.69. The van der Waals surface area contributed by atoms with Crippen molar-refractivity contribution in [1.29, 1.82) is 0 Å². The maximum absolute atomic E-state index is 5.69. The Bertz CT molecular complexity index is 840. The fourth-order valence-corrected chi connectivity index (χ4v) is 4.21. The standard InChI is InChI=1S/C20H29N5S/c1-4-24-19(17-8-9-17)21-25(20(24)26)14-22-10-12-23(13-11-22)18-7-5-6-15(2)16(18)3/h5-7,17H,4,8-14H2,1-3H3. The van der Waals surface area contributed by atoms with E-state index < -0.39 is 0 Å². The van der Waals surface area contributed by atoms with E-state index in [4.69, 9.17) is 17.3 Å². The van der Waals surface area contributed by atoms with Gasteiger partial charge in [0.25, 0.3) is 0 Å². The highest BCUT2D eigenvalue weighted by atomic mass is 32.1. The molecule has 26 heavy (non-hydrogen) atoms. The number of aryl methyl sites for hydroxylation is 1. The zero-order chi connectivity index (χ0) is 18.3. The third-order valence-electron chi connectivity index (χ3n) is 5.83. The third kappa shape index (κ3) is 3.32. The first-order valence-electron chi connectivity index (χ1n) is 9.79. The van der Waals surface area contributed by atoms with Crippen molar-refractivity contribution in [1.82, 2.24) is 19.2 Å². The molecule has 0 bridgehead atoms. The summed E-state index contributed by atoms with van der Waals surface area (Å²) in [5.41, 5.74) is 4.15. The molecule has 1 aliphatic heterocycles. The van der Waals surface area contributed by atoms with Crippen LogP contribution in [0.25, 0.3) is 0 Å². The summed E-state index contributed by atoms with van der Waals surface area (Å²) in [6, 6.07) is 6.61. The van der Waals surface area contributed by atoms with Crippen LogP contribution in [0.2, 0.25) is 0 Å². The molecule has 5 nitrogen and oxygen atoms in total. The van der Waals surface area contributed by atoms with Crippen LogP contribution in [0.4, 0.5) is 5.69 Å². The molecule has 0 spiro atoms. The average molecular weight is 372 g/mol.